The highest BCUT2D eigenvalue weighted by molar-refractivity contribution is 8.54. The molecular weight excluding hydrogens is 1450 g/mol. The van der Waals surface area contributed by atoms with Crippen LogP contribution in [0.15, 0.2) is 38.0 Å². The van der Waals surface area contributed by atoms with Crippen molar-refractivity contribution in [2.24, 2.45) is 5.41 Å². The number of ether oxygens (including phenoxy) is 6. The van der Waals surface area contributed by atoms with Gasteiger partial charge in [0.15, 0.2) is 53.1 Å². The maximum absolute atomic E-state index is 14.3. The third kappa shape index (κ3) is 19.6. The Kier molecular flexibility index (Phi) is 27.3. The van der Waals surface area contributed by atoms with E-state index in [1.54, 1.807) is 0 Å². The fourth-order valence-electron chi connectivity index (χ4n) is 12.6. The fourth-order valence-corrected chi connectivity index (χ4v) is 18.1. The first-order chi connectivity index (χ1) is 48.2. The number of aliphatic hydroxyl groups excluding tert-OH is 2. The molecule has 0 spiro atoms. The molecule has 4 fully saturated rings. The molecule has 0 saturated carbocycles. The molecule has 6 aromatic heterocycles. The van der Waals surface area contributed by atoms with Gasteiger partial charge in [0.25, 0.3) is 0 Å². The Balaban J connectivity index is 0.810. The van der Waals surface area contributed by atoms with Gasteiger partial charge in [-0.2, -0.15) is 0 Å². The Morgan fingerprint density at radius 3 is 1.70 bits per heavy atom. The van der Waals surface area contributed by atoms with Crippen molar-refractivity contribution in [1.82, 2.24) is 58.6 Å². The highest BCUT2D eigenvalue weighted by atomic mass is 32.7. The summed E-state index contributed by atoms with van der Waals surface area (Å²) in [6.07, 6.45) is 7.90. The van der Waals surface area contributed by atoms with Crippen LogP contribution in [0, 0.1) is 5.41 Å². The number of phosphoric ester groups is 2. The van der Waals surface area contributed by atoms with Crippen molar-refractivity contribution >= 4 is 109 Å². The number of aliphatic hydroxyl groups is 2. The maximum atomic E-state index is 14.3. The largest absolute Gasteiger partial charge is 0.472 e. The van der Waals surface area contributed by atoms with Gasteiger partial charge in [-0.15, -0.1) is 0 Å². The van der Waals surface area contributed by atoms with Crippen molar-refractivity contribution in [3.8, 4) is 0 Å². The Hall–Kier alpha value is -4.51. The van der Waals surface area contributed by atoms with E-state index >= 15 is 0 Å². The summed E-state index contributed by atoms with van der Waals surface area (Å²) in [4.78, 5) is 96.8. The van der Waals surface area contributed by atoms with Crippen molar-refractivity contribution in [3.63, 3.8) is 0 Å². The number of rotatable bonds is 42. The van der Waals surface area contributed by atoms with E-state index in [4.69, 9.17) is 94.2 Å². The lowest BCUT2D eigenvalue weighted by atomic mass is 9.87. The van der Waals surface area contributed by atoms with Crippen LogP contribution in [0.5, 0.6) is 0 Å². The Bertz CT molecular complexity index is 3950. The van der Waals surface area contributed by atoms with Crippen LogP contribution < -0.4 is 17.2 Å². The van der Waals surface area contributed by atoms with Crippen molar-refractivity contribution in [2.45, 2.75) is 197 Å². The molecule has 10 heterocycles. The molecule has 101 heavy (non-hydrogen) atoms. The third-order valence-electron chi connectivity index (χ3n) is 17.8. The average molecular weight is 1540 g/mol. The zero-order chi connectivity index (χ0) is 72.3. The lowest BCUT2D eigenvalue weighted by Crippen LogP contribution is -2.52. The minimum Gasteiger partial charge on any atom is -0.464 e. The molecule has 7 unspecified atom stereocenters. The van der Waals surface area contributed by atoms with Gasteiger partial charge in [0.05, 0.1) is 64.0 Å². The first kappa shape index (κ1) is 79.1. The smallest absolute Gasteiger partial charge is 0.464 e. The second-order valence-electron chi connectivity index (χ2n) is 25.4. The number of esters is 1. The number of carbonyl (C=O) groups is 1. The van der Waals surface area contributed by atoms with E-state index in [1.807, 2.05) is 13.8 Å². The third-order valence-corrected chi connectivity index (χ3v) is 24.3. The van der Waals surface area contributed by atoms with E-state index in [1.165, 1.54) is 110 Å². The topological polar surface area (TPSA) is 519 Å². The Morgan fingerprint density at radius 2 is 1.16 bits per heavy atom. The number of fused-ring (bicyclic) bond motifs is 5. The monoisotopic (exact) mass is 1540 g/mol. The van der Waals surface area contributed by atoms with Crippen molar-refractivity contribution in [2.75, 3.05) is 76.3 Å². The minimum absolute atomic E-state index is 0.0291. The van der Waals surface area contributed by atoms with Crippen LogP contribution in [-0.4, -0.2) is 208 Å². The Labute approximate surface area is 589 Å². The van der Waals surface area contributed by atoms with E-state index in [-0.39, 0.29) is 76.3 Å². The highest BCUT2D eigenvalue weighted by Crippen LogP contribution is 2.62. The van der Waals surface area contributed by atoms with Gasteiger partial charge in [-0.25, -0.2) is 58.6 Å². The Morgan fingerprint density at radius 1 is 0.653 bits per heavy atom. The van der Waals surface area contributed by atoms with Crippen molar-refractivity contribution in [1.29, 1.82) is 0 Å². The van der Waals surface area contributed by atoms with Crippen molar-refractivity contribution in [3.05, 3.63) is 38.0 Å². The number of hydrogen-bond donors (Lipinski definition) is 9. The number of nitrogens with two attached hydrogens (primary N) is 3. The quantitative estimate of drug-likeness (QED) is 0.0114. The maximum Gasteiger partial charge on any atom is 0.472 e. The van der Waals surface area contributed by atoms with Crippen LogP contribution in [0.2, 0.25) is 0 Å². The first-order valence-electron chi connectivity index (χ1n) is 33.2. The van der Waals surface area contributed by atoms with Gasteiger partial charge >= 0.3 is 35.1 Å². The molecule has 38 nitrogen and oxygen atoms in total. The number of phosphoric acid groups is 2. The number of aromatic nitrogens is 12. The molecule has 4 saturated heterocycles. The number of carbonyl (C=O) groups excluding carboxylic acids is 1. The molecule has 4 aliphatic heterocycles. The second kappa shape index (κ2) is 34.8. The summed E-state index contributed by atoms with van der Waals surface area (Å²) < 4.78 is 122. The van der Waals surface area contributed by atoms with Gasteiger partial charge in [-0.1, -0.05) is 96.8 Å². The van der Waals surface area contributed by atoms with Crippen molar-refractivity contribution < 1.29 is 108 Å². The van der Waals surface area contributed by atoms with Crippen LogP contribution in [0.1, 0.15) is 142 Å². The summed E-state index contributed by atoms with van der Waals surface area (Å²) in [6, 6.07) is 0. The molecule has 0 aliphatic carbocycles. The molecular formula is C57H89N15O23P4S2. The first-order valence-corrected chi connectivity index (χ1v) is 41.9. The van der Waals surface area contributed by atoms with E-state index in [9.17, 15) is 43.2 Å². The predicted molar refractivity (Wildman–Crippen MR) is 365 cm³/mol. The summed E-state index contributed by atoms with van der Waals surface area (Å²) in [6.45, 7) is -7.51. The molecule has 12 N–H and O–H groups in total. The summed E-state index contributed by atoms with van der Waals surface area (Å²) in [7, 11) is -9.04. The fraction of sp³-hybridized carbons (Fsp3) is 0.719. The molecule has 44 heteroatoms. The normalized spacial score (nSPS) is 27.1. The molecule has 562 valence electrons. The minimum atomic E-state index is -5.42. The van der Waals surface area contributed by atoms with Gasteiger partial charge < -0.3 is 79.9 Å². The summed E-state index contributed by atoms with van der Waals surface area (Å²) in [5.41, 5.74) is 16.4. The van der Waals surface area contributed by atoms with Gasteiger partial charge in [-0.3, -0.25) is 45.6 Å². The number of nitrogen functional groups attached to an aromatic ring is 3. The van der Waals surface area contributed by atoms with Gasteiger partial charge in [0.1, 0.15) is 96.6 Å². The van der Waals surface area contributed by atoms with Gasteiger partial charge in [0, 0.05) is 19.3 Å². The zero-order valence-corrected chi connectivity index (χ0v) is 61.3. The summed E-state index contributed by atoms with van der Waals surface area (Å²) >= 11 is 6.18. The van der Waals surface area contributed by atoms with Gasteiger partial charge in [0.2, 0.25) is 0 Å². The molecule has 10 rings (SSSR count). The second-order valence-corrected chi connectivity index (χ2v) is 35.0. The van der Waals surface area contributed by atoms with Crippen LogP contribution in [0.3, 0.4) is 0 Å². The summed E-state index contributed by atoms with van der Waals surface area (Å²) in [5, 5.41) is 21.4. The lowest BCUT2D eigenvalue weighted by Gasteiger charge is -2.39. The predicted octanol–water partition coefficient (Wildman–Crippen LogP) is 6.39. The van der Waals surface area contributed by atoms with Crippen LogP contribution in [0.4, 0.5) is 17.5 Å². The number of nitrogens with zero attached hydrogens (tertiary/aromatic N) is 12. The molecule has 16 atom stereocenters. The van der Waals surface area contributed by atoms with Gasteiger partial charge in [-0.05, 0) is 43.5 Å². The number of hydrogen-bond acceptors (Lipinski definition) is 33. The van der Waals surface area contributed by atoms with E-state index in [0.29, 0.717) is 17.8 Å². The lowest BCUT2D eigenvalue weighted by molar-refractivity contribution is -0.153. The number of unbranched alkanes of at least 4 members (excludes halogenated alkanes) is 13. The molecule has 4 aliphatic rings. The molecule has 6 aromatic rings. The number of anilines is 3. The molecule has 0 amide bonds. The standard InChI is InChI=1S/C57H89N15O23P4S2/c1-5-6-7-8-9-10-11-12-13-14-15-16-17-18-19-56(2,3)55(75)85-24-25-101-98(80,81)95-45-44-54(72-34-69-39-48(60)63-31-66-51(39)72)92-57(45,20-22-84-44)28-89-99(82,100)94-42-40(74)35(90-52(42)70-32-67-37-46(58)61-29-64-49(37)70)26-88-97(78,79)93-43-41(83-4)36(27-87-96(76,77)86-23-21-73)91-53(43)71-33-68-38-47(59)62-30-65-50(38)71/h29-36,40-45,52-54,73-74H,5-28H2,1-4H3,(H,76,77)(H,78,79)(H,80,81)(H,82,100)(H2,58,61,64)(H2,59,62,65)(H2,60,63,66)/t35-,36-,40?,41?,42+,43+,44+,45?,52-,53-,54-,57-,99?/m1/s1. The average Bonchev–Trinajstić information content (AvgIpc) is 1.58. The SMILES string of the molecule is CCCCCCCCCCCCCCCCC(C)(C)C(=O)OCCSP(=O)(O)OC1[C@@H]2OCC[C@]1(COP(O)(=S)O[C@H]1C(O)[C@@H](COP(=O)(O)O[C@H]3C(OC)[C@@H](COP(=O)(O)OCCO)O[C@H]3n3cnc4c(N)ncnc43)O[C@H]1n1cnc3c(N)ncnc31)O[C@H]2n1cnc2c(N)ncnc21. The molecule has 0 radical (unpaired) electrons. The number of methoxy groups -OCH3 is 1. The van der Waals surface area contributed by atoms with E-state index in [2.05, 4.69) is 51.8 Å². The summed E-state index contributed by atoms with van der Waals surface area (Å²) in [5.74, 6) is -0.659. The van der Waals surface area contributed by atoms with E-state index in [0.717, 1.165) is 38.3 Å². The molecule has 0 aromatic carbocycles. The van der Waals surface area contributed by atoms with Crippen LogP contribution >= 0.6 is 40.5 Å². The van der Waals surface area contributed by atoms with Crippen LogP contribution in [0.25, 0.3) is 33.5 Å². The zero-order valence-electron chi connectivity index (χ0n) is 56.1. The molecule has 2 bridgehead atoms. The van der Waals surface area contributed by atoms with Crippen LogP contribution in [-0.2, 0) is 90.4 Å². The van der Waals surface area contributed by atoms with E-state index < -0.39 is 147 Å². The number of imidazole rings is 3. The highest BCUT2D eigenvalue weighted by Gasteiger charge is 2.63.